The van der Waals surface area contributed by atoms with Crippen molar-refractivity contribution in [1.29, 1.82) is 0 Å². The second-order valence-electron chi connectivity index (χ2n) is 6.27. The molecular weight excluding hydrogens is 368 g/mol. The van der Waals surface area contributed by atoms with E-state index in [1.165, 1.54) is 0 Å². The van der Waals surface area contributed by atoms with Gasteiger partial charge in [-0.05, 0) is 59.7 Å². The second kappa shape index (κ2) is 9.89. The van der Waals surface area contributed by atoms with Crippen molar-refractivity contribution in [3.8, 4) is 5.75 Å². The zero-order chi connectivity index (χ0) is 20.5. The van der Waals surface area contributed by atoms with Gasteiger partial charge in [-0.25, -0.2) is 4.79 Å². The summed E-state index contributed by atoms with van der Waals surface area (Å²) in [5.74, 6) is 0.552. The van der Waals surface area contributed by atoms with Gasteiger partial charge in [0.2, 0.25) is 0 Å². The van der Waals surface area contributed by atoms with Crippen LogP contribution in [0, 0.1) is 0 Å². The first-order valence-electron chi connectivity index (χ1n) is 9.09. The Morgan fingerprint density at radius 2 is 1.62 bits per heavy atom. The summed E-state index contributed by atoms with van der Waals surface area (Å²) in [6.45, 7) is 0.798. The number of nitrogens with one attached hydrogen (secondary N) is 3. The number of hydrogen-bond donors (Lipinski definition) is 3. The fourth-order valence-electron chi connectivity index (χ4n) is 2.63. The maximum absolute atomic E-state index is 12.3. The van der Waals surface area contributed by atoms with Crippen molar-refractivity contribution in [2.45, 2.75) is 13.1 Å². The lowest BCUT2D eigenvalue weighted by Crippen LogP contribution is -2.28. The molecule has 0 fully saturated rings. The molecule has 0 atom stereocenters. The second-order valence-corrected chi connectivity index (χ2v) is 6.27. The van der Waals surface area contributed by atoms with Gasteiger partial charge in [-0.15, -0.1) is 0 Å². The summed E-state index contributed by atoms with van der Waals surface area (Å²) in [7, 11) is 1.60. The Morgan fingerprint density at radius 1 is 0.897 bits per heavy atom. The normalized spacial score (nSPS) is 10.1. The van der Waals surface area contributed by atoms with E-state index < -0.39 is 0 Å². The van der Waals surface area contributed by atoms with E-state index in [1.807, 2.05) is 36.4 Å². The average molecular weight is 390 g/mol. The number of carbonyl (C=O) groups is 2. The highest BCUT2D eigenvalue weighted by Gasteiger charge is 2.07. The van der Waals surface area contributed by atoms with Crippen molar-refractivity contribution in [1.82, 2.24) is 15.6 Å². The largest absolute Gasteiger partial charge is 0.497 e. The molecule has 2 aromatic carbocycles. The number of benzene rings is 2. The first-order chi connectivity index (χ1) is 14.1. The van der Waals surface area contributed by atoms with Gasteiger partial charge < -0.3 is 20.7 Å². The molecule has 7 nitrogen and oxygen atoms in total. The van der Waals surface area contributed by atoms with E-state index in [-0.39, 0.29) is 11.9 Å². The van der Waals surface area contributed by atoms with E-state index in [0.717, 1.165) is 16.9 Å². The minimum Gasteiger partial charge on any atom is -0.497 e. The van der Waals surface area contributed by atoms with Crippen LogP contribution in [0.4, 0.5) is 10.5 Å². The van der Waals surface area contributed by atoms with Gasteiger partial charge in [-0.2, -0.15) is 0 Å². The molecule has 0 unspecified atom stereocenters. The van der Waals surface area contributed by atoms with Crippen LogP contribution in [-0.4, -0.2) is 24.0 Å². The zero-order valence-electron chi connectivity index (χ0n) is 16.0. The smallest absolute Gasteiger partial charge is 0.319 e. The number of methoxy groups -OCH3 is 1. The van der Waals surface area contributed by atoms with E-state index in [2.05, 4.69) is 20.9 Å². The Bertz CT molecular complexity index is 959. The third kappa shape index (κ3) is 6.07. The van der Waals surface area contributed by atoms with Crippen LogP contribution in [0.5, 0.6) is 5.75 Å². The number of pyridine rings is 1. The van der Waals surface area contributed by atoms with Crippen LogP contribution in [-0.2, 0) is 13.1 Å². The monoisotopic (exact) mass is 390 g/mol. The van der Waals surface area contributed by atoms with Crippen molar-refractivity contribution in [3.05, 3.63) is 89.7 Å². The number of amides is 3. The van der Waals surface area contributed by atoms with Crippen LogP contribution >= 0.6 is 0 Å². The van der Waals surface area contributed by atoms with Gasteiger partial charge in [0.1, 0.15) is 5.75 Å². The molecule has 1 aromatic heterocycles. The summed E-state index contributed by atoms with van der Waals surface area (Å²) in [6, 6.07) is 17.6. The van der Waals surface area contributed by atoms with Crippen molar-refractivity contribution in [2.24, 2.45) is 0 Å². The Balaban J connectivity index is 1.48. The van der Waals surface area contributed by atoms with Gasteiger partial charge in [-0.3, -0.25) is 9.78 Å². The molecule has 0 saturated carbocycles. The number of hydrogen-bond acceptors (Lipinski definition) is 4. The molecule has 0 bridgehead atoms. The highest BCUT2D eigenvalue weighted by Crippen LogP contribution is 2.13. The van der Waals surface area contributed by atoms with Gasteiger partial charge in [0.15, 0.2) is 0 Å². The minimum atomic E-state index is -0.322. The van der Waals surface area contributed by atoms with Crippen molar-refractivity contribution >= 4 is 17.6 Å². The number of anilines is 1. The molecule has 3 N–H and O–H groups in total. The van der Waals surface area contributed by atoms with Crippen LogP contribution in [0.1, 0.15) is 21.5 Å². The van der Waals surface area contributed by atoms with Crippen LogP contribution in [0.25, 0.3) is 0 Å². The average Bonchev–Trinajstić information content (AvgIpc) is 2.77. The lowest BCUT2D eigenvalue weighted by atomic mass is 10.1. The molecule has 3 rings (SSSR count). The predicted molar refractivity (Wildman–Crippen MR) is 111 cm³/mol. The SMILES string of the molecule is COc1cccc(CNC(=O)c2ccc(NC(=O)NCc3ccncc3)cc2)c1. The molecule has 0 aliphatic heterocycles. The fraction of sp³-hybridized carbons (Fsp3) is 0.136. The van der Waals surface area contributed by atoms with Crippen LogP contribution < -0.4 is 20.7 Å². The first-order valence-corrected chi connectivity index (χ1v) is 9.09. The third-order valence-electron chi connectivity index (χ3n) is 4.19. The molecular formula is C22H22N4O3. The van der Waals surface area contributed by atoms with Gasteiger partial charge in [0.25, 0.3) is 5.91 Å². The van der Waals surface area contributed by atoms with E-state index in [9.17, 15) is 9.59 Å². The maximum atomic E-state index is 12.3. The Morgan fingerprint density at radius 3 is 2.34 bits per heavy atom. The van der Waals surface area contributed by atoms with E-state index in [0.29, 0.717) is 24.3 Å². The molecule has 0 aliphatic rings. The van der Waals surface area contributed by atoms with Crippen molar-refractivity contribution < 1.29 is 14.3 Å². The van der Waals surface area contributed by atoms with Crippen molar-refractivity contribution in [3.63, 3.8) is 0 Å². The van der Waals surface area contributed by atoms with Gasteiger partial charge in [-0.1, -0.05) is 12.1 Å². The summed E-state index contributed by atoms with van der Waals surface area (Å²) in [4.78, 5) is 28.2. The number of nitrogens with zero attached hydrogens (tertiary/aromatic N) is 1. The lowest BCUT2D eigenvalue weighted by Gasteiger charge is -2.09. The third-order valence-corrected chi connectivity index (χ3v) is 4.19. The van der Waals surface area contributed by atoms with E-state index in [4.69, 9.17) is 4.74 Å². The molecule has 148 valence electrons. The Labute approximate surface area is 169 Å². The minimum absolute atomic E-state index is 0.193. The van der Waals surface area contributed by atoms with Crippen LogP contribution in [0.2, 0.25) is 0 Å². The van der Waals surface area contributed by atoms with Gasteiger partial charge in [0.05, 0.1) is 7.11 Å². The molecule has 0 aliphatic carbocycles. The van der Waals surface area contributed by atoms with Crippen LogP contribution in [0.3, 0.4) is 0 Å². The lowest BCUT2D eigenvalue weighted by molar-refractivity contribution is 0.0951. The zero-order valence-corrected chi connectivity index (χ0v) is 16.0. The molecule has 3 amide bonds. The molecule has 7 heteroatoms. The van der Waals surface area contributed by atoms with E-state index >= 15 is 0 Å². The molecule has 0 radical (unpaired) electrons. The summed E-state index contributed by atoms with van der Waals surface area (Å²) in [6.07, 6.45) is 3.35. The molecule has 29 heavy (non-hydrogen) atoms. The number of ether oxygens (including phenoxy) is 1. The fourth-order valence-corrected chi connectivity index (χ4v) is 2.63. The Kier molecular flexibility index (Phi) is 6.78. The number of rotatable bonds is 7. The number of carbonyl (C=O) groups excluding carboxylic acids is 2. The molecule has 1 heterocycles. The number of urea groups is 1. The maximum Gasteiger partial charge on any atom is 0.319 e. The molecule has 3 aromatic rings. The summed E-state index contributed by atoms with van der Waals surface area (Å²) in [5, 5.41) is 8.37. The Hall–Kier alpha value is -3.87. The quantitative estimate of drug-likeness (QED) is 0.577. The van der Waals surface area contributed by atoms with Gasteiger partial charge in [0, 0.05) is 36.7 Å². The standard InChI is InChI=1S/C22H22N4O3/c1-29-20-4-2-3-17(13-20)15-24-21(27)18-5-7-19(8-6-18)26-22(28)25-14-16-9-11-23-12-10-16/h2-13H,14-15H2,1H3,(H,24,27)(H2,25,26,28). The summed E-state index contributed by atoms with van der Waals surface area (Å²) in [5.41, 5.74) is 3.01. The van der Waals surface area contributed by atoms with Crippen molar-refractivity contribution in [2.75, 3.05) is 12.4 Å². The summed E-state index contributed by atoms with van der Waals surface area (Å²) < 4.78 is 5.18. The van der Waals surface area contributed by atoms with Crippen LogP contribution in [0.15, 0.2) is 73.1 Å². The first kappa shape index (κ1) is 19.9. The highest BCUT2D eigenvalue weighted by molar-refractivity contribution is 5.95. The molecule has 0 spiro atoms. The highest BCUT2D eigenvalue weighted by atomic mass is 16.5. The van der Waals surface area contributed by atoms with E-state index in [1.54, 1.807) is 43.8 Å². The number of aromatic nitrogens is 1. The van der Waals surface area contributed by atoms with Gasteiger partial charge >= 0.3 is 6.03 Å². The predicted octanol–water partition coefficient (Wildman–Crippen LogP) is 3.34. The topological polar surface area (TPSA) is 92.4 Å². The summed E-state index contributed by atoms with van der Waals surface area (Å²) >= 11 is 0. The molecule has 0 saturated heterocycles.